The van der Waals surface area contributed by atoms with Gasteiger partial charge in [0.25, 0.3) is 5.56 Å². The van der Waals surface area contributed by atoms with Crippen LogP contribution in [0.1, 0.15) is 18.7 Å². The van der Waals surface area contributed by atoms with Crippen molar-refractivity contribution in [3.8, 4) is 11.4 Å². The molecule has 0 aliphatic heterocycles. The smallest absolute Gasteiger partial charge is 0.324 e. The minimum atomic E-state index is -0.478. The van der Waals surface area contributed by atoms with Gasteiger partial charge in [-0.2, -0.15) is 10.1 Å². The lowest BCUT2D eigenvalue weighted by Crippen LogP contribution is -2.26. The van der Waals surface area contributed by atoms with Gasteiger partial charge in [0.1, 0.15) is 0 Å². The van der Waals surface area contributed by atoms with E-state index >= 15 is 0 Å². The second-order valence-corrected chi connectivity index (χ2v) is 7.91. The summed E-state index contributed by atoms with van der Waals surface area (Å²) in [6.07, 6.45) is 1.09. The number of aromatic amines is 1. The first-order chi connectivity index (χ1) is 16.0. The lowest BCUT2D eigenvalue weighted by molar-refractivity contribution is -0.380. The molecule has 4 rings (SSSR count). The van der Waals surface area contributed by atoms with Gasteiger partial charge in [-0.1, -0.05) is 34.7 Å². The van der Waals surface area contributed by atoms with Crippen LogP contribution in [0.5, 0.6) is 0 Å². The number of aromatic nitrogens is 4. The maximum Gasteiger partial charge on any atom is 0.324 e. The molecule has 0 aliphatic carbocycles. The number of fused-ring (bicyclic) bond motifs is 1. The lowest BCUT2D eigenvalue weighted by Gasteiger charge is -2.08. The van der Waals surface area contributed by atoms with Crippen molar-refractivity contribution in [1.29, 1.82) is 0 Å². The molecular weight excluding hydrogens is 450 g/mol. The Morgan fingerprint density at radius 3 is 2.85 bits per heavy atom. The van der Waals surface area contributed by atoms with E-state index < -0.39 is 4.92 Å². The number of thiophene rings is 1. The number of hydrogen-bond donors (Lipinski definition) is 3. The van der Waals surface area contributed by atoms with E-state index in [4.69, 9.17) is 4.52 Å². The minimum Gasteiger partial charge on any atom is -0.368 e. The molecule has 4 aromatic rings. The van der Waals surface area contributed by atoms with Crippen LogP contribution in [0.2, 0.25) is 0 Å². The molecule has 0 unspecified atom stereocenters. The summed E-state index contributed by atoms with van der Waals surface area (Å²) in [7, 11) is 0. The van der Waals surface area contributed by atoms with Crippen molar-refractivity contribution >= 4 is 38.8 Å². The molecule has 13 heteroatoms. The number of nitrogens with zero attached hydrogens (tertiary/aromatic N) is 4. The Bertz CT molecular complexity index is 1350. The normalized spacial score (nSPS) is 10.9. The number of rotatable bonds is 10. The first-order valence-corrected chi connectivity index (χ1v) is 10.9. The SMILES string of the molecule is O=C(CCc1nc(-c2csc([N+](=O)[O-])c2)no1)NCCCNc1n[nH]c(=O)c2ccccc12. The predicted octanol–water partition coefficient (Wildman–Crippen LogP) is 2.49. The molecule has 0 saturated carbocycles. The molecule has 1 aromatic carbocycles. The van der Waals surface area contributed by atoms with E-state index in [0.717, 1.165) is 16.7 Å². The second-order valence-electron chi connectivity index (χ2n) is 7.02. The maximum absolute atomic E-state index is 12.1. The van der Waals surface area contributed by atoms with Crippen LogP contribution in [0, 0.1) is 10.1 Å². The third-order valence-corrected chi connectivity index (χ3v) is 5.60. The van der Waals surface area contributed by atoms with Crippen LogP contribution in [-0.4, -0.2) is 44.3 Å². The van der Waals surface area contributed by atoms with Gasteiger partial charge < -0.3 is 15.2 Å². The van der Waals surface area contributed by atoms with Crippen LogP contribution >= 0.6 is 11.3 Å². The summed E-state index contributed by atoms with van der Waals surface area (Å²) in [4.78, 5) is 38.4. The fraction of sp³-hybridized carbons (Fsp3) is 0.250. The molecule has 33 heavy (non-hydrogen) atoms. The van der Waals surface area contributed by atoms with Crippen LogP contribution in [0.3, 0.4) is 0 Å². The number of nitrogens with one attached hydrogen (secondary N) is 3. The molecule has 0 fully saturated rings. The first kappa shape index (κ1) is 22.1. The summed E-state index contributed by atoms with van der Waals surface area (Å²) in [5.41, 5.74) is 0.261. The summed E-state index contributed by atoms with van der Waals surface area (Å²) in [6, 6.07) is 8.57. The summed E-state index contributed by atoms with van der Waals surface area (Å²) in [5, 5.41) is 30.0. The summed E-state index contributed by atoms with van der Waals surface area (Å²) in [6.45, 7) is 1.02. The molecule has 0 spiro atoms. The van der Waals surface area contributed by atoms with E-state index in [1.54, 1.807) is 17.5 Å². The Hall–Kier alpha value is -4.13. The van der Waals surface area contributed by atoms with Gasteiger partial charge in [-0.05, 0) is 12.5 Å². The van der Waals surface area contributed by atoms with Crippen LogP contribution in [-0.2, 0) is 11.2 Å². The highest BCUT2D eigenvalue weighted by Crippen LogP contribution is 2.28. The molecule has 0 atom stereocenters. The minimum absolute atomic E-state index is 0.00487. The van der Waals surface area contributed by atoms with Gasteiger partial charge in [-0.25, -0.2) is 5.10 Å². The molecule has 0 aliphatic rings. The molecule has 3 aromatic heterocycles. The highest BCUT2D eigenvalue weighted by Gasteiger charge is 2.16. The van der Waals surface area contributed by atoms with Crippen molar-refractivity contribution in [2.75, 3.05) is 18.4 Å². The molecule has 3 N–H and O–H groups in total. The molecular formula is C20H19N7O5S. The quantitative estimate of drug-likeness (QED) is 0.179. The average molecular weight is 469 g/mol. The Morgan fingerprint density at radius 2 is 2.06 bits per heavy atom. The fourth-order valence-corrected chi connectivity index (χ4v) is 3.80. The molecule has 0 saturated heterocycles. The first-order valence-electron chi connectivity index (χ1n) is 10.0. The van der Waals surface area contributed by atoms with Gasteiger partial charge >= 0.3 is 5.00 Å². The number of amides is 1. The number of benzene rings is 1. The van der Waals surface area contributed by atoms with Crippen molar-refractivity contribution in [1.82, 2.24) is 25.7 Å². The predicted molar refractivity (Wildman–Crippen MR) is 121 cm³/mol. The Morgan fingerprint density at radius 1 is 1.24 bits per heavy atom. The molecule has 3 heterocycles. The van der Waals surface area contributed by atoms with Gasteiger partial charge in [-0.3, -0.25) is 19.7 Å². The number of anilines is 1. The molecule has 1 amide bonds. The average Bonchev–Trinajstić information content (AvgIpc) is 3.49. The maximum atomic E-state index is 12.1. The summed E-state index contributed by atoms with van der Waals surface area (Å²) < 4.78 is 5.13. The second kappa shape index (κ2) is 9.99. The molecule has 12 nitrogen and oxygen atoms in total. The van der Waals surface area contributed by atoms with Gasteiger partial charge in [-0.15, -0.1) is 0 Å². The van der Waals surface area contributed by atoms with E-state index in [0.29, 0.717) is 36.3 Å². The number of H-pyrrole nitrogens is 1. The van der Waals surface area contributed by atoms with Gasteiger partial charge in [0.05, 0.1) is 10.3 Å². The Kier molecular flexibility index (Phi) is 6.69. The number of carbonyl (C=O) groups is 1. The zero-order valence-electron chi connectivity index (χ0n) is 17.2. The van der Waals surface area contributed by atoms with E-state index in [1.165, 1.54) is 6.07 Å². The van der Waals surface area contributed by atoms with E-state index in [2.05, 4.69) is 31.0 Å². The van der Waals surface area contributed by atoms with E-state index in [1.807, 2.05) is 12.1 Å². The highest BCUT2D eigenvalue weighted by molar-refractivity contribution is 7.13. The van der Waals surface area contributed by atoms with Crippen molar-refractivity contribution in [2.45, 2.75) is 19.3 Å². The van der Waals surface area contributed by atoms with Gasteiger partial charge in [0, 0.05) is 48.3 Å². The van der Waals surface area contributed by atoms with Crippen molar-refractivity contribution in [3.05, 3.63) is 62.1 Å². The fourth-order valence-electron chi connectivity index (χ4n) is 3.09. The molecule has 0 radical (unpaired) electrons. The van der Waals surface area contributed by atoms with Crippen LogP contribution in [0.15, 0.2) is 45.0 Å². The largest absolute Gasteiger partial charge is 0.368 e. The standard InChI is InChI=1S/C20H19N7O5S/c28-15(6-7-16-23-18(26-32-16)12-10-17(27(30)31)33-11-12)21-8-3-9-22-19-13-4-1-2-5-14(13)20(29)25-24-19/h1-2,4-5,10-11H,3,6-9H2,(H,21,28)(H,22,24)(H,25,29). The number of hydrogen-bond acceptors (Lipinski definition) is 10. The summed E-state index contributed by atoms with van der Waals surface area (Å²) >= 11 is 0.983. The van der Waals surface area contributed by atoms with E-state index in [9.17, 15) is 19.7 Å². The Balaban J connectivity index is 1.19. The van der Waals surface area contributed by atoms with E-state index in [-0.39, 0.29) is 41.0 Å². The summed E-state index contributed by atoms with van der Waals surface area (Å²) in [5.74, 6) is 0.962. The van der Waals surface area contributed by atoms with Gasteiger partial charge in [0.2, 0.25) is 17.6 Å². The van der Waals surface area contributed by atoms with Crippen LogP contribution < -0.4 is 16.2 Å². The number of aryl methyl sites for hydroxylation is 1. The van der Waals surface area contributed by atoms with Crippen molar-refractivity contribution in [3.63, 3.8) is 0 Å². The van der Waals surface area contributed by atoms with Crippen LogP contribution in [0.25, 0.3) is 22.2 Å². The highest BCUT2D eigenvalue weighted by atomic mass is 32.1. The number of nitro groups is 1. The zero-order valence-corrected chi connectivity index (χ0v) is 18.1. The third-order valence-electron chi connectivity index (χ3n) is 4.72. The topological polar surface area (TPSA) is 169 Å². The number of carbonyl (C=O) groups excluding carboxylic acids is 1. The van der Waals surface area contributed by atoms with Gasteiger partial charge in [0.15, 0.2) is 5.82 Å². The Labute approximate surface area is 190 Å². The van der Waals surface area contributed by atoms with Crippen molar-refractivity contribution in [2.24, 2.45) is 0 Å². The molecule has 170 valence electrons. The molecule has 0 bridgehead atoms. The third kappa shape index (κ3) is 5.38. The van der Waals surface area contributed by atoms with Crippen LogP contribution in [0.4, 0.5) is 10.8 Å². The lowest BCUT2D eigenvalue weighted by atomic mass is 10.2. The zero-order chi connectivity index (χ0) is 23.2. The van der Waals surface area contributed by atoms with Crippen molar-refractivity contribution < 1.29 is 14.2 Å². The monoisotopic (exact) mass is 469 g/mol.